The van der Waals surface area contributed by atoms with Crippen molar-refractivity contribution < 1.29 is 37.0 Å². The van der Waals surface area contributed by atoms with Crippen molar-refractivity contribution in [3.05, 3.63) is 54.6 Å². The van der Waals surface area contributed by atoms with Crippen LogP contribution < -0.4 is 19.8 Å². The Bertz CT molecular complexity index is 1010. The molecule has 0 bridgehead atoms. The van der Waals surface area contributed by atoms with Gasteiger partial charge in [0.25, 0.3) is 5.03 Å². The minimum absolute atomic E-state index is 0.0722. The van der Waals surface area contributed by atoms with E-state index in [-0.39, 0.29) is 17.1 Å². The van der Waals surface area contributed by atoms with Crippen LogP contribution >= 0.6 is 11.8 Å². The predicted molar refractivity (Wildman–Crippen MR) is 99.2 cm³/mol. The smallest absolute Gasteiger partial charge is 0.538 e. The lowest BCUT2D eigenvalue weighted by molar-refractivity contribution is -0.705. The van der Waals surface area contributed by atoms with Crippen molar-refractivity contribution in [1.29, 1.82) is 0 Å². The molecule has 1 aromatic heterocycles. The molecule has 158 valence electrons. The number of nitrogens with one attached hydrogen (secondary N) is 1. The first-order valence-corrected chi connectivity index (χ1v) is 9.63. The van der Waals surface area contributed by atoms with Gasteiger partial charge < -0.3 is 19.7 Å². The molecule has 0 fully saturated rings. The van der Waals surface area contributed by atoms with E-state index in [1.807, 2.05) is 0 Å². The van der Waals surface area contributed by atoms with E-state index < -0.39 is 29.2 Å². The first-order valence-electron chi connectivity index (χ1n) is 8.75. The van der Waals surface area contributed by atoms with Crippen LogP contribution in [0.1, 0.15) is 13.3 Å². The fraction of sp³-hybridized carbons (Fsp3) is 0.211. The highest BCUT2D eigenvalue weighted by Crippen LogP contribution is 2.33. The molecule has 1 atom stereocenters. The van der Waals surface area contributed by atoms with Crippen molar-refractivity contribution in [2.45, 2.75) is 30.0 Å². The monoisotopic (exact) mass is 439 g/mol. The summed E-state index contributed by atoms with van der Waals surface area (Å²) >= 11 is 0.909. The van der Waals surface area contributed by atoms with Crippen LogP contribution in [0.2, 0.25) is 0 Å². The summed E-state index contributed by atoms with van der Waals surface area (Å²) in [5, 5.41) is 17.5. The normalized spacial score (nSPS) is 12.4. The Kier molecular flexibility index (Phi) is 6.50. The quantitative estimate of drug-likeness (QED) is 0.448. The van der Waals surface area contributed by atoms with E-state index in [4.69, 9.17) is 4.52 Å². The number of amides is 1. The second-order valence-electron chi connectivity index (χ2n) is 5.96. The molecule has 3 rings (SSSR count). The standard InChI is InChI=1S/C19H16F3N3O4S/c1-2-15(16(26)23-13-10-6-7-11-14(13)28-19(20,21)22)30-17-18(27)29-24-25(17)12-8-4-3-5-9-12/h3-11,15H,2H2,1H3,(H-,23,24,26,27). The molecule has 30 heavy (non-hydrogen) atoms. The summed E-state index contributed by atoms with van der Waals surface area (Å²) < 4.78 is 47.7. The Morgan fingerprint density at radius 3 is 2.57 bits per heavy atom. The van der Waals surface area contributed by atoms with Crippen molar-refractivity contribution in [1.82, 2.24) is 5.27 Å². The number of hydrogen-bond donors (Lipinski definition) is 1. The zero-order chi connectivity index (χ0) is 21.7. The lowest BCUT2D eigenvalue weighted by atomic mass is 10.2. The number of ether oxygens (including phenoxy) is 1. The summed E-state index contributed by atoms with van der Waals surface area (Å²) in [7, 11) is 0. The number of rotatable bonds is 7. The first kappa shape index (κ1) is 21.5. The number of carbonyl (C=O) groups excluding carboxylic acids is 1. The molecule has 0 radical (unpaired) electrons. The largest absolute Gasteiger partial charge is 0.573 e. The molecule has 1 N–H and O–H groups in total. The Balaban J connectivity index is 1.80. The fourth-order valence-electron chi connectivity index (χ4n) is 2.53. The van der Waals surface area contributed by atoms with Crippen LogP contribution in [0.25, 0.3) is 5.69 Å². The van der Waals surface area contributed by atoms with Crippen LogP contribution in [0.4, 0.5) is 18.9 Å². The van der Waals surface area contributed by atoms with Gasteiger partial charge in [0, 0.05) is 12.1 Å². The summed E-state index contributed by atoms with van der Waals surface area (Å²) in [5.41, 5.74) is 0.424. The van der Waals surface area contributed by atoms with E-state index in [2.05, 4.69) is 15.3 Å². The number of alkyl halides is 3. The van der Waals surface area contributed by atoms with Crippen LogP contribution in [-0.2, 0) is 4.79 Å². The van der Waals surface area contributed by atoms with Gasteiger partial charge in [0.2, 0.25) is 11.6 Å². The number of hydrogen-bond acceptors (Lipinski definition) is 6. The molecule has 0 saturated heterocycles. The van der Waals surface area contributed by atoms with Crippen LogP contribution in [0.5, 0.6) is 11.7 Å². The van der Waals surface area contributed by atoms with Gasteiger partial charge in [-0.3, -0.25) is 4.79 Å². The third kappa shape index (κ3) is 5.23. The number of halogens is 3. The minimum atomic E-state index is -4.90. The van der Waals surface area contributed by atoms with Crippen molar-refractivity contribution in [3.8, 4) is 17.4 Å². The van der Waals surface area contributed by atoms with E-state index in [1.54, 1.807) is 37.3 Å². The molecular formula is C19H16F3N3O4S. The van der Waals surface area contributed by atoms with Crippen molar-refractivity contribution in [2.24, 2.45) is 0 Å². The number of aromatic nitrogens is 2. The Morgan fingerprint density at radius 1 is 1.23 bits per heavy atom. The average Bonchev–Trinajstić information content (AvgIpc) is 3.07. The highest BCUT2D eigenvalue weighted by atomic mass is 32.2. The van der Waals surface area contributed by atoms with Crippen molar-refractivity contribution in [2.75, 3.05) is 5.32 Å². The molecule has 1 heterocycles. The summed E-state index contributed by atoms with van der Waals surface area (Å²) in [5.74, 6) is -1.86. The average molecular weight is 439 g/mol. The molecule has 11 heteroatoms. The molecular weight excluding hydrogens is 423 g/mol. The number of anilines is 1. The highest BCUT2D eigenvalue weighted by Gasteiger charge is 2.33. The molecule has 0 aliphatic rings. The van der Waals surface area contributed by atoms with Gasteiger partial charge in [0.05, 0.1) is 16.2 Å². The lowest BCUT2D eigenvalue weighted by Crippen LogP contribution is -2.36. The summed E-state index contributed by atoms with van der Waals surface area (Å²) in [4.78, 5) is 12.7. The molecule has 0 saturated carbocycles. The zero-order valence-electron chi connectivity index (χ0n) is 15.6. The first-order chi connectivity index (χ1) is 14.3. The maximum absolute atomic E-state index is 12.7. The van der Waals surface area contributed by atoms with Crippen LogP contribution in [0, 0.1) is 0 Å². The number of para-hydroxylation sites is 3. The van der Waals surface area contributed by atoms with Crippen LogP contribution in [0.15, 0.2) is 64.1 Å². The predicted octanol–water partition coefficient (Wildman–Crippen LogP) is 3.43. The Hall–Kier alpha value is -3.21. The van der Waals surface area contributed by atoms with Crippen molar-refractivity contribution >= 4 is 23.4 Å². The lowest BCUT2D eigenvalue weighted by Gasteiger charge is -2.16. The summed E-state index contributed by atoms with van der Waals surface area (Å²) in [6.45, 7) is 1.71. The van der Waals surface area contributed by atoms with E-state index >= 15 is 0 Å². The molecule has 1 amide bonds. The van der Waals surface area contributed by atoms with Gasteiger partial charge in [-0.1, -0.05) is 37.3 Å². The van der Waals surface area contributed by atoms with Crippen LogP contribution in [-0.4, -0.2) is 22.8 Å². The Labute approximate surface area is 173 Å². The highest BCUT2D eigenvalue weighted by molar-refractivity contribution is 8.00. The molecule has 0 spiro atoms. The van der Waals surface area contributed by atoms with E-state index in [1.165, 1.54) is 22.9 Å². The third-order valence-corrected chi connectivity index (χ3v) is 5.26. The number of benzene rings is 2. The SMILES string of the molecule is CCC(Sc1c([O-])on[n+]1-c1ccccc1)C(=O)Nc1ccccc1OC(F)(F)F. The topological polar surface area (TPSA) is 91.3 Å². The summed E-state index contributed by atoms with van der Waals surface area (Å²) in [6.07, 6.45) is -4.61. The number of carbonyl (C=O) groups is 1. The number of thioether (sulfide) groups is 1. The van der Waals surface area contributed by atoms with Gasteiger partial charge in [-0.05, 0) is 35.0 Å². The summed E-state index contributed by atoms with van der Waals surface area (Å²) in [6, 6.07) is 13.9. The van der Waals surface area contributed by atoms with E-state index in [9.17, 15) is 23.1 Å². The molecule has 2 aromatic carbocycles. The number of nitrogens with zero attached hydrogens (tertiary/aromatic N) is 2. The second-order valence-corrected chi connectivity index (χ2v) is 7.15. The zero-order valence-corrected chi connectivity index (χ0v) is 16.4. The van der Waals surface area contributed by atoms with Crippen LogP contribution in [0.3, 0.4) is 0 Å². The van der Waals surface area contributed by atoms with Gasteiger partial charge in [-0.2, -0.15) is 0 Å². The Morgan fingerprint density at radius 2 is 1.90 bits per heavy atom. The maximum atomic E-state index is 12.7. The second kappa shape index (κ2) is 9.08. The van der Waals surface area contributed by atoms with Gasteiger partial charge in [-0.25, -0.2) is 0 Å². The van der Waals surface area contributed by atoms with E-state index in [0.717, 1.165) is 17.8 Å². The molecule has 1 unspecified atom stereocenters. The van der Waals surface area contributed by atoms with Gasteiger partial charge >= 0.3 is 6.36 Å². The third-order valence-electron chi connectivity index (χ3n) is 3.86. The molecule has 0 aliphatic heterocycles. The maximum Gasteiger partial charge on any atom is 0.573 e. The molecule has 7 nitrogen and oxygen atoms in total. The van der Waals surface area contributed by atoms with Gasteiger partial charge in [-0.15, -0.1) is 13.2 Å². The van der Waals surface area contributed by atoms with Gasteiger partial charge in [0.15, 0.2) is 11.7 Å². The molecule has 0 aliphatic carbocycles. The van der Waals surface area contributed by atoms with Crippen molar-refractivity contribution in [3.63, 3.8) is 0 Å². The molecule has 3 aromatic rings. The fourth-order valence-corrected chi connectivity index (χ4v) is 3.50. The van der Waals surface area contributed by atoms with Gasteiger partial charge in [0.1, 0.15) is 0 Å². The van der Waals surface area contributed by atoms with E-state index in [0.29, 0.717) is 5.69 Å². The minimum Gasteiger partial charge on any atom is -0.538 e.